The predicted octanol–water partition coefficient (Wildman–Crippen LogP) is 1.20. The fraction of sp³-hybridized carbons (Fsp3) is 0.400. The third-order valence-electron chi connectivity index (χ3n) is 2.06. The lowest BCUT2D eigenvalue weighted by Crippen LogP contribution is -2.29. The van der Waals surface area contributed by atoms with E-state index in [4.69, 9.17) is 0 Å². The highest BCUT2D eigenvalue weighted by atomic mass is 79.9. The van der Waals surface area contributed by atoms with Crippen molar-refractivity contribution < 1.29 is 14.6 Å². The van der Waals surface area contributed by atoms with Gasteiger partial charge in [-0.2, -0.15) is 0 Å². The van der Waals surface area contributed by atoms with Crippen molar-refractivity contribution in [3.8, 4) is 0 Å². The average Bonchev–Trinajstić information content (AvgIpc) is 2.17. The summed E-state index contributed by atoms with van der Waals surface area (Å²) in [4.78, 5) is 0. The monoisotopic (exact) mass is 277 g/mol. The molecule has 0 saturated carbocycles. The number of rotatable bonds is 4. The van der Waals surface area contributed by atoms with Crippen LogP contribution in [-0.4, -0.2) is 29.9 Å². The molecule has 0 heterocycles. The number of hydrogen-bond donors (Lipinski definition) is 3. The molecule has 2 unspecified atom stereocenters. The van der Waals surface area contributed by atoms with E-state index >= 15 is 0 Å². The van der Waals surface area contributed by atoms with E-state index in [1.165, 1.54) is 18.2 Å². The van der Waals surface area contributed by atoms with Gasteiger partial charge in [0.2, 0.25) is 0 Å². The summed E-state index contributed by atoms with van der Waals surface area (Å²) < 4.78 is 13.2. The predicted molar refractivity (Wildman–Crippen MR) is 59.0 cm³/mol. The van der Waals surface area contributed by atoms with Crippen molar-refractivity contribution in [3.63, 3.8) is 0 Å². The van der Waals surface area contributed by atoms with Crippen LogP contribution in [0.2, 0.25) is 0 Å². The minimum atomic E-state index is -1.03. The van der Waals surface area contributed by atoms with E-state index in [2.05, 4.69) is 21.2 Å². The lowest BCUT2D eigenvalue weighted by atomic mass is 10.0. The Balaban J connectivity index is 2.86. The van der Waals surface area contributed by atoms with Crippen LogP contribution in [0.5, 0.6) is 0 Å². The molecule has 84 valence electrons. The standard InChI is InChI=1S/C10H13BrFNO2/c1-13-5-9(14)10(15)7-3-2-6(12)4-8(7)11/h2-4,9-10,13-15H,5H2,1H3. The molecule has 15 heavy (non-hydrogen) atoms. The van der Waals surface area contributed by atoms with E-state index in [9.17, 15) is 14.6 Å². The van der Waals surface area contributed by atoms with Gasteiger partial charge in [0.05, 0.1) is 6.10 Å². The first kappa shape index (κ1) is 12.6. The third-order valence-corrected chi connectivity index (χ3v) is 2.75. The Morgan fingerprint density at radius 2 is 2.13 bits per heavy atom. The molecule has 3 nitrogen and oxygen atoms in total. The van der Waals surface area contributed by atoms with E-state index in [1.807, 2.05) is 0 Å². The van der Waals surface area contributed by atoms with Gasteiger partial charge in [0.1, 0.15) is 11.9 Å². The molecule has 5 heteroatoms. The van der Waals surface area contributed by atoms with Crippen LogP contribution in [0.25, 0.3) is 0 Å². The van der Waals surface area contributed by atoms with Gasteiger partial charge in [-0.1, -0.05) is 22.0 Å². The maximum atomic E-state index is 12.8. The normalized spacial score (nSPS) is 15.0. The van der Waals surface area contributed by atoms with Crippen LogP contribution in [0, 0.1) is 5.82 Å². The highest BCUT2D eigenvalue weighted by Gasteiger charge is 2.19. The molecule has 0 aliphatic carbocycles. The summed E-state index contributed by atoms with van der Waals surface area (Å²) in [5, 5.41) is 22.0. The van der Waals surface area contributed by atoms with E-state index in [0.29, 0.717) is 10.0 Å². The average molecular weight is 278 g/mol. The summed E-state index contributed by atoms with van der Waals surface area (Å²) in [6, 6.07) is 3.95. The Morgan fingerprint density at radius 3 is 2.67 bits per heavy atom. The Kier molecular flexibility index (Phi) is 4.66. The van der Waals surface area contributed by atoms with Gasteiger partial charge in [0.25, 0.3) is 0 Å². The molecule has 0 aliphatic rings. The molecule has 0 saturated heterocycles. The molecule has 1 aromatic rings. The van der Waals surface area contributed by atoms with Crippen LogP contribution in [0.1, 0.15) is 11.7 Å². The van der Waals surface area contributed by atoms with Crippen molar-refractivity contribution in [2.24, 2.45) is 0 Å². The summed E-state index contributed by atoms with van der Waals surface area (Å²) in [6.45, 7) is 0.269. The van der Waals surface area contributed by atoms with Gasteiger partial charge < -0.3 is 15.5 Å². The molecule has 2 atom stereocenters. The molecule has 0 amide bonds. The molecular formula is C10H13BrFNO2. The van der Waals surface area contributed by atoms with Crippen molar-refractivity contribution >= 4 is 15.9 Å². The first-order chi connectivity index (χ1) is 7.06. The molecule has 0 aliphatic heterocycles. The van der Waals surface area contributed by atoms with Crippen LogP contribution in [-0.2, 0) is 0 Å². The Morgan fingerprint density at radius 1 is 1.47 bits per heavy atom. The molecule has 0 aromatic heterocycles. The maximum Gasteiger partial charge on any atom is 0.124 e. The van der Waals surface area contributed by atoms with Gasteiger partial charge in [0, 0.05) is 11.0 Å². The zero-order valence-corrected chi connectivity index (χ0v) is 9.83. The first-order valence-corrected chi connectivity index (χ1v) is 5.31. The largest absolute Gasteiger partial charge is 0.389 e. The minimum Gasteiger partial charge on any atom is -0.389 e. The number of aliphatic hydroxyl groups excluding tert-OH is 2. The van der Waals surface area contributed by atoms with Gasteiger partial charge in [-0.15, -0.1) is 0 Å². The van der Waals surface area contributed by atoms with Crippen molar-refractivity contribution in [2.75, 3.05) is 13.6 Å². The highest BCUT2D eigenvalue weighted by Crippen LogP contribution is 2.26. The second-order valence-electron chi connectivity index (χ2n) is 3.24. The van der Waals surface area contributed by atoms with Crippen LogP contribution in [0.3, 0.4) is 0 Å². The smallest absolute Gasteiger partial charge is 0.124 e. The molecular weight excluding hydrogens is 265 g/mol. The maximum absolute atomic E-state index is 12.8. The topological polar surface area (TPSA) is 52.5 Å². The van der Waals surface area contributed by atoms with E-state index in [-0.39, 0.29) is 12.4 Å². The van der Waals surface area contributed by atoms with E-state index < -0.39 is 12.2 Å². The minimum absolute atomic E-state index is 0.269. The molecule has 0 fully saturated rings. The lowest BCUT2D eigenvalue weighted by Gasteiger charge is -2.18. The molecule has 3 N–H and O–H groups in total. The van der Waals surface area contributed by atoms with Gasteiger partial charge in [0.15, 0.2) is 0 Å². The van der Waals surface area contributed by atoms with Crippen LogP contribution in [0.4, 0.5) is 4.39 Å². The third kappa shape index (κ3) is 3.24. The Bertz CT molecular complexity index is 335. The summed E-state index contributed by atoms with van der Waals surface area (Å²) in [5.41, 5.74) is 0.471. The number of hydrogen-bond acceptors (Lipinski definition) is 3. The number of likely N-dealkylation sites (N-methyl/N-ethyl adjacent to an activating group) is 1. The molecule has 0 spiro atoms. The fourth-order valence-corrected chi connectivity index (χ4v) is 1.85. The fourth-order valence-electron chi connectivity index (χ4n) is 1.27. The number of benzene rings is 1. The number of aliphatic hydroxyl groups is 2. The quantitative estimate of drug-likeness (QED) is 0.775. The molecule has 0 radical (unpaired) electrons. The number of nitrogens with one attached hydrogen (secondary N) is 1. The van der Waals surface area contributed by atoms with E-state index in [0.717, 1.165) is 0 Å². The molecule has 1 rings (SSSR count). The zero-order valence-electron chi connectivity index (χ0n) is 8.24. The summed E-state index contributed by atoms with van der Waals surface area (Å²) in [6.07, 6.45) is -1.95. The van der Waals surface area contributed by atoms with Crippen LogP contribution in [0.15, 0.2) is 22.7 Å². The molecule has 1 aromatic carbocycles. The zero-order chi connectivity index (χ0) is 11.4. The van der Waals surface area contributed by atoms with Gasteiger partial charge in [-0.25, -0.2) is 4.39 Å². The van der Waals surface area contributed by atoms with Crippen molar-refractivity contribution in [1.29, 1.82) is 0 Å². The lowest BCUT2D eigenvalue weighted by molar-refractivity contribution is 0.0198. The van der Waals surface area contributed by atoms with Gasteiger partial charge in [-0.05, 0) is 24.7 Å². The van der Waals surface area contributed by atoms with Crippen molar-refractivity contribution in [3.05, 3.63) is 34.1 Å². The van der Waals surface area contributed by atoms with Crippen LogP contribution >= 0.6 is 15.9 Å². The summed E-state index contributed by atoms with van der Waals surface area (Å²) in [7, 11) is 1.68. The van der Waals surface area contributed by atoms with Crippen molar-refractivity contribution in [2.45, 2.75) is 12.2 Å². The Hall–Kier alpha value is -0.490. The second kappa shape index (κ2) is 5.55. The van der Waals surface area contributed by atoms with Crippen LogP contribution < -0.4 is 5.32 Å². The highest BCUT2D eigenvalue weighted by molar-refractivity contribution is 9.10. The van der Waals surface area contributed by atoms with Gasteiger partial charge in [-0.3, -0.25) is 0 Å². The van der Waals surface area contributed by atoms with Gasteiger partial charge >= 0.3 is 0 Å². The Labute approximate surface area is 96.1 Å². The number of halogens is 2. The first-order valence-electron chi connectivity index (χ1n) is 4.52. The summed E-state index contributed by atoms with van der Waals surface area (Å²) >= 11 is 3.14. The second-order valence-corrected chi connectivity index (χ2v) is 4.09. The SMILES string of the molecule is CNCC(O)C(O)c1ccc(F)cc1Br. The van der Waals surface area contributed by atoms with E-state index in [1.54, 1.807) is 7.05 Å². The summed E-state index contributed by atoms with van der Waals surface area (Å²) in [5.74, 6) is -0.388. The van der Waals surface area contributed by atoms with Crippen molar-refractivity contribution in [1.82, 2.24) is 5.32 Å². The molecule has 0 bridgehead atoms.